The van der Waals surface area contributed by atoms with Crippen LogP contribution in [0.4, 0.5) is 4.39 Å². The van der Waals surface area contributed by atoms with Crippen molar-refractivity contribution in [2.45, 2.75) is 26.9 Å². The first kappa shape index (κ1) is 21.2. The Morgan fingerprint density at radius 3 is 2.87 bits per heavy atom. The van der Waals surface area contributed by atoms with Gasteiger partial charge in [0.1, 0.15) is 17.2 Å². The Bertz CT molecular complexity index is 1040. The summed E-state index contributed by atoms with van der Waals surface area (Å²) in [5.41, 5.74) is 1.18. The summed E-state index contributed by atoms with van der Waals surface area (Å²) in [5, 5.41) is 24.0. The third kappa shape index (κ3) is 5.11. The molecule has 0 spiro atoms. The summed E-state index contributed by atoms with van der Waals surface area (Å²) in [4.78, 5) is 22.4. The minimum atomic E-state index is -0.474. The first-order valence-corrected chi connectivity index (χ1v) is 9.25. The molecule has 0 fully saturated rings. The van der Waals surface area contributed by atoms with E-state index in [-0.39, 0.29) is 36.3 Å². The number of hydrogen-bond acceptors (Lipinski definition) is 8. The van der Waals surface area contributed by atoms with E-state index in [1.165, 1.54) is 30.1 Å². The molecule has 1 atom stereocenters. The number of aliphatic hydroxyl groups is 1. The van der Waals surface area contributed by atoms with E-state index in [4.69, 9.17) is 9.84 Å². The highest BCUT2D eigenvalue weighted by Crippen LogP contribution is 2.18. The second-order valence-corrected chi connectivity index (χ2v) is 6.79. The Morgan fingerprint density at radius 1 is 1.33 bits per heavy atom. The van der Waals surface area contributed by atoms with Crippen molar-refractivity contribution in [2.24, 2.45) is 5.92 Å². The zero-order valence-electron chi connectivity index (χ0n) is 16.8. The van der Waals surface area contributed by atoms with Gasteiger partial charge < -0.3 is 15.2 Å². The molecule has 2 aromatic heterocycles. The number of rotatable bonds is 8. The summed E-state index contributed by atoms with van der Waals surface area (Å²) in [6, 6.07) is 5.83. The molecule has 0 saturated carbocycles. The van der Waals surface area contributed by atoms with E-state index in [9.17, 15) is 9.18 Å². The van der Waals surface area contributed by atoms with Crippen LogP contribution in [0, 0.1) is 18.7 Å². The van der Waals surface area contributed by atoms with Crippen LogP contribution in [0.5, 0.6) is 5.75 Å². The molecule has 3 aromatic rings. The van der Waals surface area contributed by atoms with Gasteiger partial charge in [-0.1, -0.05) is 13.0 Å². The Balaban J connectivity index is 1.74. The Morgan fingerprint density at radius 2 is 2.13 bits per heavy atom. The second-order valence-electron chi connectivity index (χ2n) is 6.79. The number of hydrogen-bond donors (Lipinski definition) is 2. The number of halogens is 1. The van der Waals surface area contributed by atoms with Gasteiger partial charge in [0.05, 0.1) is 13.7 Å². The number of methoxy groups -OCH3 is 1. The third-order valence-corrected chi connectivity index (χ3v) is 4.21. The van der Waals surface area contributed by atoms with Gasteiger partial charge in [0.15, 0.2) is 11.6 Å². The van der Waals surface area contributed by atoms with Crippen molar-refractivity contribution >= 4 is 5.91 Å². The van der Waals surface area contributed by atoms with Gasteiger partial charge in [0.25, 0.3) is 5.91 Å². The SMILES string of the molecule is COc1cc(CNC(=O)c2cc(-c3nnn(C[C@@H](C)CO)n3)nc(C)n2)ccc1F. The van der Waals surface area contributed by atoms with Crippen molar-refractivity contribution in [3.05, 3.63) is 47.2 Å². The number of benzene rings is 1. The number of tetrazole rings is 1. The lowest BCUT2D eigenvalue weighted by Gasteiger charge is -2.08. The van der Waals surface area contributed by atoms with Gasteiger partial charge >= 0.3 is 0 Å². The maximum atomic E-state index is 13.5. The number of carbonyl (C=O) groups excluding carboxylic acids is 1. The van der Waals surface area contributed by atoms with Crippen molar-refractivity contribution in [1.82, 2.24) is 35.5 Å². The molecule has 3 rings (SSSR count). The molecule has 0 radical (unpaired) electrons. The van der Waals surface area contributed by atoms with Crippen molar-refractivity contribution < 1.29 is 19.0 Å². The molecule has 0 aliphatic carbocycles. The summed E-state index contributed by atoms with van der Waals surface area (Å²) in [5.74, 6) is -0.190. The van der Waals surface area contributed by atoms with Crippen LogP contribution < -0.4 is 10.1 Å². The van der Waals surface area contributed by atoms with Crippen molar-refractivity contribution in [1.29, 1.82) is 0 Å². The molecule has 0 aliphatic rings. The van der Waals surface area contributed by atoms with Gasteiger partial charge in [0, 0.05) is 19.1 Å². The normalized spacial score (nSPS) is 11.9. The molecule has 1 amide bonds. The second kappa shape index (κ2) is 9.35. The maximum absolute atomic E-state index is 13.5. The largest absolute Gasteiger partial charge is 0.494 e. The topological polar surface area (TPSA) is 128 Å². The molecule has 1 aromatic carbocycles. The molecule has 30 heavy (non-hydrogen) atoms. The molecule has 0 saturated heterocycles. The fourth-order valence-corrected chi connectivity index (χ4v) is 2.65. The van der Waals surface area contributed by atoms with Gasteiger partial charge in [-0.25, -0.2) is 14.4 Å². The van der Waals surface area contributed by atoms with E-state index >= 15 is 0 Å². The van der Waals surface area contributed by atoms with Gasteiger partial charge in [0.2, 0.25) is 5.82 Å². The molecule has 158 valence electrons. The first-order chi connectivity index (χ1) is 14.4. The summed E-state index contributed by atoms with van der Waals surface area (Å²) in [6.07, 6.45) is 0. The highest BCUT2D eigenvalue weighted by Gasteiger charge is 2.15. The predicted molar refractivity (Wildman–Crippen MR) is 104 cm³/mol. The van der Waals surface area contributed by atoms with Crippen LogP contribution in [-0.2, 0) is 13.1 Å². The van der Waals surface area contributed by atoms with Crippen molar-refractivity contribution in [2.75, 3.05) is 13.7 Å². The van der Waals surface area contributed by atoms with Crippen LogP contribution in [0.3, 0.4) is 0 Å². The van der Waals surface area contributed by atoms with Gasteiger partial charge in [-0.3, -0.25) is 4.79 Å². The summed E-state index contributed by atoms with van der Waals surface area (Å²) in [6.45, 7) is 4.09. The number of amides is 1. The predicted octanol–water partition coefficient (Wildman–Crippen LogP) is 1.14. The van der Waals surface area contributed by atoms with Crippen LogP contribution in [0.25, 0.3) is 11.5 Å². The minimum absolute atomic E-state index is 0.00768. The van der Waals surface area contributed by atoms with Gasteiger partial charge in [-0.05, 0) is 35.9 Å². The van der Waals surface area contributed by atoms with Crippen molar-refractivity contribution in [3.8, 4) is 17.3 Å². The Labute approximate surface area is 172 Å². The molecule has 0 bridgehead atoms. The average Bonchev–Trinajstić information content (AvgIpc) is 3.20. The van der Waals surface area contributed by atoms with Gasteiger partial charge in [-0.15, -0.1) is 10.2 Å². The monoisotopic (exact) mass is 415 g/mol. The number of aliphatic hydroxyl groups excluding tert-OH is 1. The average molecular weight is 415 g/mol. The number of aromatic nitrogens is 6. The molecular weight excluding hydrogens is 393 g/mol. The zero-order valence-corrected chi connectivity index (χ0v) is 16.8. The number of carbonyl (C=O) groups is 1. The zero-order chi connectivity index (χ0) is 21.7. The molecule has 0 unspecified atom stereocenters. The van der Waals surface area contributed by atoms with Crippen LogP contribution in [0.2, 0.25) is 0 Å². The molecule has 0 aliphatic heterocycles. The summed E-state index contributed by atoms with van der Waals surface area (Å²) < 4.78 is 18.5. The molecule has 11 heteroatoms. The minimum Gasteiger partial charge on any atom is -0.494 e. The molecule has 2 heterocycles. The van der Waals surface area contributed by atoms with E-state index in [1.807, 2.05) is 6.92 Å². The van der Waals surface area contributed by atoms with Crippen LogP contribution >= 0.6 is 0 Å². The lowest BCUT2D eigenvalue weighted by Crippen LogP contribution is -2.24. The van der Waals surface area contributed by atoms with Crippen LogP contribution in [-0.4, -0.2) is 54.9 Å². The third-order valence-electron chi connectivity index (χ3n) is 4.21. The summed E-state index contributed by atoms with van der Waals surface area (Å²) in [7, 11) is 1.38. The molecule has 10 nitrogen and oxygen atoms in total. The fourth-order valence-electron chi connectivity index (χ4n) is 2.65. The van der Waals surface area contributed by atoms with E-state index in [2.05, 4.69) is 30.7 Å². The maximum Gasteiger partial charge on any atom is 0.270 e. The van der Waals surface area contributed by atoms with Crippen LogP contribution in [0.1, 0.15) is 28.8 Å². The highest BCUT2D eigenvalue weighted by molar-refractivity contribution is 5.93. The lowest BCUT2D eigenvalue weighted by atomic mass is 10.2. The molecule has 2 N–H and O–H groups in total. The van der Waals surface area contributed by atoms with E-state index < -0.39 is 11.7 Å². The molecular formula is C19H22FN7O3. The number of nitrogens with one attached hydrogen (secondary N) is 1. The van der Waals surface area contributed by atoms with E-state index in [1.54, 1.807) is 13.0 Å². The smallest absolute Gasteiger partial charge is 0.270 e. The van der Waals surface area contributed by atoms with Crippen molar-refractivity contribution in [3.63, 3.8) is 0 Å². The summed E-state index contributed by atoms with van der Waals surface area (Å²) >= 11 is 0. The first-order valence-electron chi connectivity index (χ1n) is 9.25. The number of ether oxygens (including phenoxy) is 1. The highest BCUT2D eigenvalue weighted by atomic mass is 19.1. The quantitative estimate of drug-likeness (QED) is 0.561. The number of nitrogens with zero attached hydrogens (tertiary/aromatic N) is 6. The van der Waals surface area contributed by atoms with E-state index in [0.29, 0.717) is 23.6 Å². The lowest BCUT2D eigenvalue weighted by molar-refractivity contribution is 0.0945. The van der Waals surface area contributed by atoms with Crippen LogP contribution in [0.15, 0.2) is 24.3 Å². The standard InChI is InChI=1S/C19H22FN7O3/c1-11(10-28)9-27-25-18(24-26-27)15-7-16(23-12(2)22-15)19(29)21-8-13-4-5-14(20)17(6-13)30-3/h4-7,11,28H,8-10H2,1-3H3,(H,21,29)/t11-/m1/s1. The number of aryl methyl sites for hydroxylation is 1. The Kier molecular flexibility index (Phi) is 6.62. The fraction of sp³-hybridized carbons (Fsp3) is 0.368. The van der Waals surface area contributed by atoms with Gasteiger partial charge in [-0.2, -0.15) is 4.80 Å². The Hall–Kier alpha value is -3.47. The van der Waals surface area contributed by atoms with E-state index in [0.717, 1.165) is 0 Å².